The number of aliphatic carboxylic acids is 1. The minimum absolute atomic E-state index is 0.123. The number of anilines is 1. The number of carboxylic acids is 1. The SMILES string of the molecule is CO/N=C(\C(=O)N[C@@H]1C(=O)N2C(C(=O)O)=C(n3ccc(=N)n4nccc34)CS[C@H]12)c1csc(N)n1. The Hall–Kier alpha value is -4.18. The summed E-state index contributed by atoms with van der Waals surface area (Å²) in [5, 5.41) is 29.5. The molecule has 0 saturated carbocycles. The number of carbonyl (C=O) groups is 3. The van der Waals surface area contributed by atoms with Crippen molar-refractivity contribution in [2.45, 2.75) is 11.4 Å². The quantitative estimate of drug-likeness (QED) is 0.188. The normalized spacial score (nSPS) is 20.0. The van der Waals surface area contributed by atoms with E-state index in [1.54, 1.807) is 16.8 Å². The number of carboxylic acid groups (broad SMARTS) is 1. The van der Waals surface area contributed by atoms with Gasteiger partial charge in [0.1, 0.15) is 35.4 Å². The van der Waals surface area contributed by atoms with E-state index in [-0.39, 0.29) is 33.5 Å². The van der Waals surface area contributed by atoms with E-state index in [4.69, 9.17) is 16.0 Å². The molecule has 180 valence electrons. The molecule has 1 saturated heterocycles. The molecule has 5 heterocycles. The number of hydrogen-bond acceptors (Lipinski definition) is 11. The number of fused-ring (bicyclic) bond motifs is 2. The fourth-order valence-electron chi connectivity index (χ4n) is 3.87. The van der Waals surface area contributed by atoms with Crippen LogP contribution in [0.3, 0.4) is 0 Å². The van der Waals surface area contributed by atoms with Gasteiger partial charge in [-0.05, 0) is 6.07 Å². The molecule has 5 rings (SSSR count). The van der Waals surface area contributed by atoms with Crippen LogP contribution >= 0.6 is 23.1 Å². The number of nitrogens with two attached hydrogens (primary N) is 1. The van der Waals surface area contributed by atoms with Crippen LogP contribution in [0.1, 0.15) is 5.69 Å². The van der Waals surface area contributed by atoms with E-state index in [9.17, 15) is 19.5 Å². The molecule has 3 aromatic heterocycles. The Kier molecular flexibility index (Phi) is 5.52. The van der Waals surface area contributed by atoms with Gasteiger partial charge in [-0.15, -0.1) is 23.1 Å². The molecule has 0 bridgehead atoms. The number of oxime groups is 1. The van der Waals surface area contributed by atoms with E-state index in [0.717, 1.165) is 16.2 Å². The molecule has 2 aliphatic rings. The Morgan fingerprint density at radius 3 is 2.89 bits per heavy atom. The molecule has 14 nitrogen and oxygen atoms in total. The number of hydrogen-bond donors (Lipinski definition) is 4. The monoisotopic (exact) mass is 515 g/mol. The van der Waals surface area contributed by atoms with Crippen LogP contribution in [-0.4, -0.2) is 76.9 Å². The van der Waals surface area contributed by atoms with Crippen LogP contribution in [0.5, 0.6) is 0 Å². The van der Waals surface area contributed by atoms with E-state index in [2.05, 4.69) is 20.6 Å². The number of nitrogen functional groups attached to an aromatic ring is 1. The molecule has 2 atom stereocenters. The van der Waals surface area contributed by atoms with Crippen LogP contribution < -0.4 is 16.5 Å². The highest BCUT2D eigenvalue weighted by Crippen LogP contribution is 2.42. The third-order valence-corrected chi connectivity index (χ3v) is 7.31. The molecule has 0 radical (unpaired) electrons. The molecule has 2 aliphatic heterocycles. The molecule has 0 unspecified atom stereocenters. The summed E-state index contributed by atoms with van der Waals surface area (Å²) >= 11 is 2.41. The van der Waals surface area contributed by atoms with Crippen molar-refractivity contribution < 1.29 is 24.3 Å². The number of rotatable bonds is 6. The lowest BCUT2D eigenvalue weighted by molar-refractivity contribution is -0.150. The van der Waals surface area contributed by atoms with E-state index in [1.165, 1.54) is 41.0 Å². The van der Waals surface area contributed by atoms with Gasteiger partial charge in [0, 0.05) is 23.4 Å². The lowest BCUT2D eigenvalue weighted by Gasteiger charge is -2.49. The maximum atomic E-state index is 13.1. The summed E-state index contributed by atoms with van der Waals surface area (Å²) in [6.45, 7) is 0. The maximum Gasteiger partial charge on any atom is 0.354 e. The minimum atomic E-state index is -1.29. The van der Waals surface area contributed by atoms with Gasteiger partial charge in [-0.3, -0.25) is 19.9 Å². The summed E-state index contributed by atoms with van der Waals surface area (Å²) in [6.07, 6.45) is 3.06. The van der Waals surface area contributed by atoms with Gasteiger partial charge in [-0.2, -0.15) is 9.61 Å². The van der Waals surface area contributed by atoms with Gasteiger partial charge in [-0.25, -0.2) is 9.78 Å². The summed E-state index contributed by atoms with van der Waals surface area (Å²) in [6, 6.07) is 2.15. The molecule has 0 aromatic carbocycles. The van der Waals surface area contributed by atoms with Crippen molar-refractivity contribution in [3.05, 3.63) is 46.8 Å². The molecule has 16 heteroatoms. The van der Waals surface area contributed by atoms with Crippen molar-refractivity contribution in [2.24, 2.45) is 5.16 Å². The standard InChI is InChI=1S/C19H17N9O5S2/c1-33-25-12(8-6-35-19(21)23-8)15(29)24-13-16(30)27-14(18(31)32)9(7-34-17(13)27)26-5-3-10(20)28-11(26)2-4-22-28/h2-6,13,17,20H,7H2,1H3,(H2,21,23)(H,24,29)(H,31,32)/b20-10?,25-12-/t13-,17-/m1/s1. The Morgan fingerprint density at radius 2 is 2.20 bits per heavy atom. The smallest absolute Gasteiger partial charge is 0.354 e. The van der Waals surface area contributed by atoms with Crippen LogP contribution in [0.2, 0.25) is 0 Å². The van der Waals surface area contributed by atoms with Gasteiger partial charge < -0.3 is 25.6 Å². The van der Waals surface area contributed by atoms with Crippen molar-refractivity contribution in [3.8, 4) is 0 Å². The Morgan fingerprint density at radius 1 is 1.40 bits per heavy atom. The highest BCUT2D eigenvalue weighted by atomic mass is 32.2. The predicted octanol–water partition coefficient (Wildman–Crippen LogP) is -0.642. The Bertz CT molecular complexity index is 1500. The molecule has 0 spiro atoms. The second-order valence-electron chi connectivity index (χ2n) is 7.33. The molecule has 0 aliphatic carbocycles. The zero-order valence-corrected chi connectivity index (χ0v) is 19.5. The molecular weight excluding hydrogens is 498 g/mol. The number of carbonyl (C=O) groups excluding carboxylic acids is 2. The van der Waals surface area contributed by atoms with Crippen molar-refractivity contribution in [2.75, 3.05) is 18.6 Å². The summed E-state index contributed by atoms with van der Waals surface area (Å²) < 4.78 is 2.94. The first-order chi connectivity index (χ1) is 16.8. The number of nitrogens with zero attached hydrogens (tertiary/aromatic N) is 6. The van der Waals surface area contributed by atoms with Crippen molar-refractivity contribution in [3.63, 3.8) is 0 Å². The van der Waals surface area contributed by atoms with Crippen molar-refractivity contribution in [1.82, 2.24) is 29.4 Å². The number of thioether (sulfide) groups is 1. The Labute approximate surface area is 204 Å². The van der Waals surface area contributed by atoms with Crippen LogP contribution in [0.4, 0.5) is 5.13 Å². The first-order valence-corrected chi connectivity index (χ1v) is 11.9. The number of amides is 2. The first-order valence-electron chi connectivity index (χ1n) is 9.96. The number of β-lactam (4-membered cyclic amide) rings is 1. The van der Waals surface area contributed by atoms with Gasteiger partial charge in [-0.1, -0.05) is 5.16 Å². The summed E-state index contributed by atoms with van der Waals surface area (Å²) in [5.41, 5.74) is 6.43. The van der Waals surface area contributed by atoms with Gasteiger partial charge in [0.2, 0.25) is 0 Å². The molecular formula is C19H17N9O5S2. The maximum absolute atomic E-state index is 13.1. The van der Waals surface area contributed by atoms with E-state index in [0.29, 0.717) is 11.3 Å². The second-order valence-corrected chi connectivity index (χ2v) is 9.32. The molecule has 2 amide bonds. The van der Waals surface area contributed by atoms with Crippen molar-refractivity contribution >= 4 is 63.1 Å². The lowest BCUT2D eigenvalue weighted by Crippen LogP contribution is -2.71. The molecule has 1 fully saturated rings. The summed E-state index contributed by atoms with van der Waals surface area (Å²) in [4.78, 5) is 48.1. The molecule has 5 N–H and O–H groups in total. The zero-order chi connectivity index (χ0) is 24.9. The van der Waals surface area contributed by atoms with Crippen LogP contribution in [-0.2, 0) is 19.2 Å². The minimum Gasteiger partial charge on any atom is -0.477 e. The number of nitrogens with one attached hydrogen (secondary N) is 2. The van der Waals surface area contributed by atoms with Gasteiger partial charge in [0.05, 0.1) is 11.9 Å². The Balaban J connectivity index is 1.45. The third kappa shape index (κ3) is 3.62. The first kappa shape index (κ1) is 22.6. The summed E-state index contributed by atoms with van der Waals surface area (Å²) in [5.74, 6) is -2.35. The highest BCUT2D eigenvalue weighted by molar-refractivity contribution is 8.00. The van der Waals surface area contributed by atoms with Gasteiger partial charge in [0.15, 0.2) is 16.5 Å². The lowest BCUT2D eigenvalue weighted by atomic mass is 10.0. The largest absolute Gasteiger partial charge is 0.477 e. The second kappa shape index (κ2) is 8.55. The van der Waals surface area contributed by atoms with E-state index < -0.39 is 29.2 Å². The highest BCUT2D eigenvalue weighted by Gasteiger charge is 2.55. The zero-order valence-electron chi connectivity index (χ0n) is 17.9. The number of thiazole rings is 1. The van der Waals surface area contributed by atoms with Crippen LogP contribution in [0.15, 0.2) is 40.8 Å². The van der Waals surface area contributed by atoms with Crippen LogP contribution in [0, 0.1) is 5.41 Å². The van der Waals surface area contributed by atoms with Crippen molar-refractivity contribution in [1.29, 1.82) is 5.41 Å². The summed E-state index contributed by atoms with van der Waals surface area (Å²) in [7, 11) is 1.27. The molecule has 35 heavy (non-hydrogen) atoms. The number of aromatic nitrogens is 4. The predicted molar refractivity (Wildman–Crippen MR) is 125 cm³/mol. The van der Waals surface area contributed by atoms with E-state index >= 15 is 0 Å². The van der Waals surface area contributed by atoms with Gasteiger partial charge >= 0.3 is 5.97 Å². The van der Waals surface area contributed by atoms with Gasteiger partial charge in [0.25, 0.3) is 11.8 Å². The average Bonchev–Trinajstić information content (AvgIpc) is 3.50. The fourth-order valence-corrected chi connectivity index (χ4v) is 5.76. The molecule has 3 aromatic rings. The topological polar surface area (TPSA) is 193 Å². The average molecular weight is 516 g/mol. The third-order valence-electron chi connectivity index (χ3n) is 5.37. The fraction of sp³-hybridized carbons (Fsp3) is 0.211. The van der Waals surface area contributed by atoms with E-state index in [1.807, 2.05) is 0 Å². The van der Waals surface area contributed by atoms with Crippen LogP contribution in [0.25, 0.3) is 11.3 Å².